The van der Waals surface area contributed by atoms with Crippen LogP contribution in [0.2, 0.25) is 0 Å². The molecule has 0 fully saturated rings. The van der Waals surface area contributed by atoms with Crippen molar-refractivity contribution in [1.29, 1.82) is 0 Å². The fraction of sp³-hybridized carbons (Fsp3) is 0. The fourth-order valence-electron chi connectivity index (χ4n) is 0.906. The van der Waals surface area contributed by atoms with Gasteiger partial charge < -0.3 is 4.42 Å². The Labute approximate surface area is 75.0 Å². The van der Waals surface area contributed by atoms with Gasteiger partial charge in [0, 0.05) is 10.8 Å². The first-order chi connectivity index (χ1) is 6.38. The molecule has 0 aliphatic heterocycles. The van der Waals surface area contributed by atoms with Gasteiger partial charge in [-0.15, -0.1) is 0 Å². The average molecular weight is 176 g/mol. The Morgan fingerprint density at radius 1 is 0.923 bits per heavy atom. The van der Waals surface area contributed by atoms with Crippen LogP contribution >= 0.6 is 0 Å². The highest BCUT2D eigenvalue weighted by atomic mass is 16.3. The summed E-state index contributed by atoms with van der Waals surface area (Å²) in [6, 6.07) is 8.05. The Balaban J connectivity index is 0.000000184. The van der Waals surface area contributed by atoms with Crippen molar-refractivity contribution in [2.45, 2.75) is 0 Å². The molecule has 0 saturated carbocycles. The first-order valence-corrected chi connectivity index (χ1v) is 3.68. The molecule has 0 radical (unpaired) electrons. The van der Waals surface area contributed by atoms with E-state index in [1.165, 1.54) is 0 Å². The third kappa shape index (κ3) is 2.56. The van der Waals surface area contributed by atoms with E-state index < -0.39 is 0 Å². The molecule has 0 spiro atoms. The van der Waals surface area contributed by atoms with Crippen molar-refractivity contribution in [3.8, 4) is 0 Å². The molecule has 0 aliphatic rings. The van der Waals surface area contributed by atoms with E-state index in [1.54, 1.807) is 12.5 Å². The van der Waals surface area contributed by atoms with E-state index >= 15 is 0 Å². The van der Waals surface area contributed by atoms with Crippen LogP contribution in [0, 0.1) is 0 Å². The van der Waals surface area contributed by atoms with Gasteiger partial charge in [0.1, 0.15) is 0 Å². The summed E-state index contributed by atoms with van der Waals surface area (Å²) in [6.07, 6.45) is 3.88. The van der Waals surface area contributed by atoms with Gasteiger partial charge in [-0.05, 0) is 0 Å². The van der Waals surface area contributed by atoms with Crippen molar-refractivity contribution < 1.29 is 14.0 Å². The van der Waals surface area contributed by atoms with Crippen molar-refractivity contribution in [1.82, 2.24) is 0 Å². The van der Waals surface area contributed by atoms with Gasteiger partial charge in [-0.25, -0.2) is 0 Å². The molecule has 13 heavy (non-hydrogen) atoms. The Morgan fingerprint density at radius 3 is 1.77 bits per heavy atom. The number of rotatable bonds is 1. The van der Waals surface area contributed by atoms with Gasteiger partial charge in [-0.3, -0.25) is 9.59 Å². The summed E-state index contributed by atoms with van der Waals surface area (Å²) in [5, 5.41) is 2.33. The van der Waals surface area contributed by atoms with Crippen molar-refractivity contribution in [3.63, 3.8) is 0 Å². The summed E-state index contributed by atoms with van der Waals surface area (Å²) in [7, 11) is 0. The quantitative estimate of drug-likeness (QED) is 0.491. The van der Waals surface area contributed by atoms with E-state index in [0.29, 0.717) is 0 Å². The van der Waals surface area contributed by atoms with Crippen molar-refractivity contribution in [2.24, 2.45) is 0 Å². The number of furan rings is 1. The lowest BCUT2D eigenvalue weighted by molar-refractivity contribution is -0.122. The van der Waals surface area contributed by atoms with Crippen LogP contribution in [0.3, 0.4) is 0 Å². The van der Waals surface area contributed by atoms with Crippen LogP contribution in [0.5, 0.6) is 0 Å². The topological polar surface area (TPSA) is 47.3 Å². The van der Waals surface area contributed by atoms with Crippen molar-refractivity contribution in [2.75, 3.05) is 0 Å². The van der Waals surface area contributed by atoms with Crippen LogP contribution in [0.15, 0.2) is 41.2 Å². The predicted octanol–water partition coefficient (Wildman–Crippen LogP) is 1.82. The van der Waals surface area contributed by atoms with Crippen molar-refractivity contribution >= 4 is 23.3 Å². The van der Waals surface area contributed by atoms with Gasteiger partial charge >= 0.3 is 0 Å². The van der Waals surface area contributed by atoms with E-state index in [4.69, 9.17) is 14.0 Å². The summed E-state index contributed by atoms with van der Waals surface area (Å²) in [6.45, 7) is 0. The minimum Gasteiger partial charge on any atom is -0.471 e. The third-order valence-electron chi connectivity index (χ3n) is 1.44. The molecule has 66 valence electrons. The highest BCUT2D eigenvalue weighted by Gasteiger charge is 1.89. The summed E-state index contributed by atoms with van der Waals surface area (Å²) >= 11 is 0. The second-order valence-electron chi connectivity index (χ2n) is 2.27. The highest BCUT2D eigenvalue weighted by molar-refractivity contribution is 6.09. The summed E-state index contributed by atoms with van der Waals surface area (Å²) < 4.78 is 4.96. The second kappa shape index (κ2) is 4.87. The molecular weight excluding hydrogens is 168 g/mol. The molecule has 0 saturated heterocycles. The van der Waals surface area contributed by atoms with Gasteiger partial charge in [0.25, 0.3) is 0 Å². The highest BCUT2D eigenvalue weighted by Crippen LogP contribution is 2.12. The standard InChI is InChI=1S/C8H6O.C2H2O2/c1-2-4-8-6-9-5-7(8)3-1;3-1-2-4/h1-6H;1-2H. The zero-order chi connectivity index (χ0) is 9.52. The maximum absolute atomic E-state index is 8.81. The number of carbonyl (C=O) groups is 2. The smallest absolute Gasteiger partial charge is 0.182 e. The van der Waals surface area contributed by atoms with Gasteiger partial charge in [-0.2, -0.15) is 0 Å². The Hall–Kier alpha value is -1.90. The van der Waals surface area contributed by atoms with E-state index in [-0.39, 0.29) is 12.6 Å². The molecular formula is C10H8O3. The molecule has 1 aromatic carbocycles. The molecule has 3 nitrogen and oxygen atoms in total. The monoisotopic (exact) mass is 176 g/mol. The fourth-order valence-corrected chi connectivity index (χ4v) is 0.906. The summed E-state index contributed by atoms with van der Waals surface area (Å²) in [5.74, 6) is 0. The molecule has 0 atom stereocenters. The number of fused-ring (bicyclic) bond motifs is 1. The first kappa shape index (κ1) is 9.19. The van der Waals surface area contributed by atoms with Crippen LogP contribution in [-0.4, -0.2) is 12.6 Å². The third-order valence-corrected chi connectivity index (χ3v) is 1.44. The molecule has 1 aromatic heterocycles. The van der Waals surface area contributed by atoms with E-state index in [9.17, 15) is 0 Å². The average Bonchev–Trinajstić information content (AvgIpc) is 2.66. The van der Waals surface area contributed by atoms with Crippen molar-refractivity contribution in [3.05, 3.63) is 36.8 Å². The summed E-state index contributed by atoms with van der Waals surface area (Å²) in [4.78, 5) is 17.6. The molecule has 0 unspecified atom stereocenters. The second-order valence-corrected chi connectivity index (χ2v) is 2.27. The zero-order valence-corrected chi connectivity index (χ0v) is 6.84. The number of carbonyl (C=O) groups excluding carboxylic acids is 2. The van der Waals surface area contributed by atoms with E-state index in [2.05, 4.69) is 0 Å². The molecule has 0 bridgehead atoms. The Bertz CT molecular complexity index is 353. The largest absolute Gasteiger partial charge is 0.471 e. The van der Waals surface area contributed by atoms with Gasteiger partial charge in [0.05, 0.1) is 12.5 Å². The SMILES string of the molecule is O=CC=O.c1ccc2cocc2c1. The lowest BCUT2D eigenvalue weighted by Gasteiger charge is -1.80. The molecule has 0 N–H and O–H groups in total. The van der Waals surface area contributed by atoms with Crippen LogP contribution in [0.25, 0.3) is 10.8 Å². The molecule has 3 heteroatoms. The van der Waals surface area contributed by atoms with Crippen LogP contribution in [0.1, 0.15) is 0 Å². The maximum Gasteiger partial charge on any atom is 0.182 e. The normalized spacial score (nSPS) is 8.62. The van der Waals surface area contributed by atoms with Crippen LogP contribution in [-0.2, 0) is 9.59 Å². The minimum absolute atomic E-state index is 0.194. The lowest BCUT2D eigenvalue weighted by Crippen LogP contribution is -1.62. The maximum atomic E-state index is 8.81. The zero-order valence-electron chi connectivity index (χ0n) is 6.84. The first-order valence-electron chi connectivity index (χ1n) is 3.68. The van der Waals surface area contributed by atoms with Crippen LogP contribution < -0.4 is 0 Å². The number of hydrogen-bond donors (Lipinski definition) is 0. The Morgan fingerprint density at radius 2 is 1.38 bits per heavy atom. The van der Waals surface area contributed by atoms with E-state index in [1.807, 2.05) is 24.3 Å². The lowest BCUT2D eigenvalue weighted by atomic mass is 10.2. The van der Waals surface area contributed by atoms with Gasteiger partial charge in [0.2, 0.25) is 0 Å². The number of aldehydes is 2. The molecule has 0 aliphatic carbocycles. The Kier molecular flexibility index (Phi) is 3.45. The van der Waals surface area contributed by atoms with Gasteiger partial charge in [0.15, 0.2) is 12.6 Å². The number of hydrogen-bond acceptors (Lipinski definition) is 3. The van der Waals surface area contributed by atoms with E-state index in [0.717, 1.165) is 10.8 Å². The van der Waals surface area contributed by atoms with Gasteiger partial charge in [-0.1, -0.05) is 24.3 Å². The molecule has 0 amide bonds. The molecule has 1 heterocycles. The minimum atomic E-state index is 0.194. The molecule has 2 rings (SSSR count). The van der Waals surface area contributed by atoms with Crippen LogP contribution in [0.4, 0.5) is 0 Å². The summed E-state index contributed by atoms with van der Waals surface area (Å²) in [5.41, 5.74) is 0. The number of benzene rings is 1. The molecule has 2 aromatic rings. The predicted molar refractivity (Wildman–Crippen MR) is 48.3 cm³/mol.